The van der Waals surface area contributed by atoms with Gasteiger partial charge in [0, 0.05) is 12.1 Å². The van der Waals surface area contributed by atoms with Gasteiger partial charge in [-0.25, -0.2) is 0 Å². The molecular formula is C15H13ClN4. The Kier molecular flexibility index (Phi) is 4.70. The van der Waals surface area contributed by atoms with Gasteiger partial charge in [0.1, 0.15) is 0 Å². The first-order chi connectivity index (χ1) is 9.67. The fraction of sp³-hybridized carbons (Fsp3) is 0.133. The Bertz CT molecular complexity index is 626. The minimum absolute atomic E-state index is 0.610. The minimum atomic E-state index is 0.610. The number of rotatable bonds is 4. The Morgan fingerprint density at radius 1 is 1.10 bits per heavy atom. The molecule has 0 aliphatic heterocycles. The monoisotopic (exact) mass is 284 g/mol. The third kappa shape index (κ3) is 4.08. The Morgan fingerprint density at radius 2 is 1.75 bits per heavy atom. The summed E-state index contributed by atoms with van der Waals surface area (Å²) < 4.78 is 0. The van der Waals surface area contributed by atoms with Crippen molar-refractivity contribution in [2.45, 2.75) is 6.54 Å². The van der Waals surface area contributed by atoms with Gasteiger partial charge in [0.25, 0.3) is 0 Å². The van der Waals surface area contributed by atoms with E-state index in [-0.39, 0.29) is 0 Å². The molecule has 0 heterocycles. The highest BCUT2D eigenvalue weighted by atomic mass is 35.5. The number of hydrogen-bond acceptors (Lipinski definition) is 3. The number of hydrogen-bond donors (Lipinski definition) is 0. The van der Waals surface area contributed by atoms with Crippen molar-refractivity contribution in [3.05, 3.63) is 64.7 Å². The first kappa shape index (κ1) is 14.0. The number of nitrogens with zero attached hydrogens (tertiary/aromatic N) is 4. The van der Waals surface area contributed by atoms with Crippen LogP contribution in [-0.2, 0) is 6.54 Å². The van der Waals surface area contributed by atoms with Crippen LogP contribution in [0, 0.1) is 11.3 Å². The van der Waals surface area contributed by atoms with Gasteiger partial charge in [-0.05, 0) is 42.0 Å². The highest BCUT2D eigenvalue weighted by Crippen LogP contribution is 2.15. The van der Waals surface area contributed by atoms with Crippen molar-refractivity contribution >= 4 is 17.3 Å². The lowest BCUT2D eigenvalue weighted by molar-refractivity contribution is 0.324. The summed E-state index contributed by atoms with van der Waals surface area (Å²) in [6.07, 6.45) is 0. The second-order valence-electron chi connectivity index (χ2n) is 4.29. The summed E-state index contributed by atoms with van der Waals surface area (Å²) in [4.78, 5) is 0. The molecule has 0 aliphatic rings. The number of halogens is 1. The normalized spacial score (nSPS) is 10.4. The van der Waals surface area contributed by atoms with Crippen LogP contribution in [0.5, 0.6) is 0 Å². The SMILES string of the molecule is CN(Cc1ccc(Cl)cc1)N=Nc1ccc(C#N)cc1. The van der Waals surface area contributed by atoms with Crippen LogP contribution in [0.25, 0.3) is 0 Å². The maximum absolute atomic E-state index is 8.71. The summed E-state index contributed by atoms with van der Waals surface area (Å²) in [5.74, 6) is 0. The van der Waals surface area contributed by atoms with Crippen molar-refractivity contribution in [1.82, 2.24) is 5.01 Å². The molecule has 0 spiro atoms. The maximum atomic E-state index is 8.71. The van der Waals surface area contributed by atoms with E-state index in [0.29, 0.717) is 17.8 Å². The number of benzene rings is 2. The lowest BCUT2D eigenvalue weighted by Crippen LogP contribution is -2.09. The Morgan fingerprint density at radius 3 is 2.35 bits per heavy atom. The van der Waals surface area contributed by atoms with Crippen LogP contribution in [0.3, 0.4) is 0 Å². The molecule has 4 nitrogen and oxygen atoms in total. The predicted molar refractivity (Wildman–Crippen MR) is 78.6 cm³/mol. The van der Waals surface area contributed by atoms with Crippen molar-refractivity contribution < 1.29 is 0 Å². The van der Waals surface area contributed by atoms with Crippen LogP contribution in [-0.4, -0.2) is 12.1 Å². The van der Waals surface area contributed by atoms with Crippen LogP contribution >= 0.6 is 11.6 Å². The van der Waals surface area contributed by atoms with E-state index in [1.165, 1.54) is 0 Å². The molecule has 5 heteroatoms. The van der Waals surface area contributed by atoms with Crippen molar-refractivity contribution in [3.63, 3.8) is 0 Å². The molecule has 0 unspecified atom stereocenters. The fourth-order valence-corrected chi connectivity index (χ4v) is 1.74. The molecular weight excluding hydrogens is 272 g/mol. The molecule has 0 radical (unpaired) electrons. The fourth-order valence-electron chi connectivity index (χ4n) is 1.62. The van der Waals surface area contributed by atoms with E-state index in [4.69, 9.17) is 16.9 Å². The molecule has 0 N–H and O–H groups in total. The van der Waals surface area contributed by atoms with E-state index in [1.54, 1.807) is 29.3 Å². The maximum Gasteiger partial charge on any atom is 0.0991 e. The average molecular weight is 285 g/mol. The second kappa shape index (κ2) is 6.69. The molecule has 0 atom stereocenters. The van der Waals surface area contributed by atoms with Gasteiger partial charge in [0.2, 0.25) is 0 Å². The Hall–Kier alpha value is -2.38. The van der Waals surface area contributed by atoms with E-state index in [9.17, 15) is 0 Å². The van der Waals surface area contributed by atoms with E-state index in [0.717, 1.165) is 10.6 Å². The molecule has 20 heavy (non-hydrogen) atoms. The van der Waals surface area contributed by atoms with Crippen molar-refractivity contribution in [2.75, 3.05) is 7.05 Å². The second-order valence-corrected chi connectivity index (χ2v) is 4.73. The van der Waals surface area contributed by atoms with Gasteiger partial charge in [-0.1, -0.05) is 29.0 Å². The summed E-state index contributed by atoms with van der Waals surface area (Å²) in [5.41, 5.74) is 2.43. The van der Waals surface area contributed by atoms with Crippen LogP contribution < -0.4 is 0 Å². The summed E-state index contributed by atoms with van der Waals surface area (Å²) in [6.45, 7) is 0.650. The highest BCUT2D eigenvalue weighted by Gasteiger charge is 1.98. The third-order valence-electron chi connectivity index (χ3n) is 2.63. The van der Waals surface area contributed by atoms with E-state index < -0.39 is 0 Å². The lowest BCUT2D eigenvalue weighted by Gasteiger charge is -2.11. The van der Waals surface area contributed by atoms with E-state index in [2.05, 4.69) is 16.4 Å². The topological polar surface area (TPSA) is 51.8 Å². The molecule has 2 aromatic rings. The van der Waals surface area contributed by atoms with E-state index in [1.807, 2.05) is 31.3 Å². The average Bonchev–Trinajstić information content (AvgIpc) is 2.48. The Balaban J connectivity index is 1.96. The van der Waals surface area contributed by atoms with E-state index >= 15 is 0 Å². The van der Waals surface area contributed by atoms with Gasteiger partial charge in [-0.15, -0.1) is 5.11 Å². The van der Waals surface area contributed by atoms with Gasteiger partial charge in [0.05, 0.1) is 23.9 Å². The summed E-state index contributed by atoms with van der Waals surface area (Å²) in [5, 5.41) is 19.4. The molecule has 0 aliphatic carbocycles. The van der Waals surface area contributed by atoms with Crippen molar-refractivity contribution in [1.29, 1.82) is 5.26 Å². The van der Waals surface area contributed by atoms with Gasteiger partial charge in [-0.2, -0.15) is 5.26 Å². The standard InChI is InChI=1S/C15H13ClN4/c1-20(11-13-2-6-14(16)7-3-13)19-18-15-8-4-12(10-17)5-9-15/h2-9H,11H2,1H3. The van der Waals surface area contributed by atoms with Crippen LogP contribution in [0.1, 0.15) is 11.1 Å². The van der Waals surface area contributed by atoms with Gasteiger partial charge < -0.3 is 0 Å². The zero-order valence-electron chi connectivity index (χ0n) is 11.0. The molecule has 0 aromatic heterocycles. The molecule has 0 bridgehead atoms. The molecule has 0 saturated heterocycles. The van der Waals surface area contributed by atoms with Crippen molar-refractivity contribution in [3.8, 4) is 6.07 Å². The van der Waals surface area contributed by atoms with Crippen LogP contribution in [0.4, 0.5) is 5.69 Å². The van der Waals surface area contributed by atoms with Gasteiger partial charge in [-0.3, -0.25) is 5.01 Å². The summed E-state index contributed by atoms with van der Waals surface area (Å²) in [6, 6.07) is 16.6. The first-order valence-electron chi connectivity index (χ1n) is 6.05. The van der Waals surface area contributed by atoms with Crippen LogP contribution in [0.15, 0.2) is 58.9 Å². The highest BCUT2D eigenvalue weighted by molar-refractivity contribution is 6.30. The molecule has 0 amide bonds. The van der Waals surface area contributed by atoms with Gasteiger partial charge >= 0.3 is 0 Å². The molecule has 2 aromatic carbocycles. The zero-order valence-corrected chi connectivity index (χ0v) is 11.7. The van der Waals surface area contributed by atoms with Crippen molar-refractivity contribution in [2.24, 2.45) is 10.3 Å². The largest absolute Gasteiger partial charge is 0.277 e. The molecule has 0 fully saturated rings. The minimum Gasteiger partial charge on any atom is -0.277 e. The molecule has 100 valence electrons. The molecule has 0 saturated carbocycles. The quantitative estimate of drug-likeness (QED) is 0.619. The zero-order chi connectivity index (χ0) is 14.4. The third-order valence-corrected chi connectivity index (χ3v) is 2.89. The predicted octanol–water partition coefficient (Wildman–Crippen LogP) is 4.34. The smallest absolute Gasteiger partial charge is 0.0991 e. The first-order valence-corrected chi connectivity index (χ1v) is 6.42. The summed E-state index contributed by atoms with van der Waals surface area (Å²) >= 11 is 5.84. The molecule has 2 rings (SSSR count). The summed E-state index contributed by atoms with van der Waals surface area (Å²) in [7, 11) is 1.85. The lowest BCUT2D eigenvalue weighted by atomic mass is 10.2. The van der Waals surface area contributed by atoms with Gasteiger partial charge in [0.15, 0.2) is 0 Å². The Labute approximate surface area is 122 Å². The van der Waals surface area contributed by atoms with Crippen LogP contribution in [0.2, 0.25) is 5.02 Å². The number of nitriles is 1.